The molecule has 0 aliphatic heterocycles. The zero-order valence-corrected chi connectivity index (χ0v) is 10.4. The molecule has 0 saturated carbocycles. The lowest BCUT2D eigenvalue weighted by Gasteiger charge is -1.91. The molecule has 2 aliphatic carbocycles. The van der Waals surface area contributed by atoms with E-state index in [-0.39, 0.29) is 0 Å². The highest BCUT2D eigenvalue weighted by Crippen LogP contribution is 2.20. The van der Waals surface area contributed by atoms with Crippen molar-refractivity contribution in [3.63, 3.8) is 0 Å². The lowest BCUT2D eigenvalue weighted by atomic mass is 10.1. The van der Waals surface area contributed by atoms with E-state index >= 15 is 0 Å². The van der Waals surface area contributed by atoms with Gasteiger partial charge in [-0.15, -0.1) is 0 Å². The van der Waals surface area contributed by atoms with Crippen molar-refractivity contribution < 1.29 is 10.4 Å². The third-order valence-corrected chi connectivity index (χ3v) is 3.83. The van der Waals surface area contributed by atoms with E-state index in [1.54, 1.807) is 0 Å². The highest BCUT2D eigenvalue weighted by Gasteiger charge is 2.14. The number of nitrogens with zero attached hydrogens (tertiary/aromatic N) is 2. The quantitative estimate of drug-likeness (QED) is 0.377. The topological polar surface area (TPSA) is 65.2 Å². The molecule has 4 rings (SSSR count). The second-order valence-electron chi connectivity index (χ2n) is 4.74. The molecule has 0 atom stereocenters. The van der Waals surface area contributed by atoms with Gasteiger partial charge in [0.25, 0.3) is 0 Å². The Kier molecular flexibility index (Phi) is 2.09. The molecule has 0 unspecified atom stereocenters. The fourth-order valence-corrected chi connectivity index (χ4v) is 3.05. The summed E-state index contributed by atoms with van der Waals surface area (Å²) >= 11 is 0. The summed E-state index contributed by atoms with van der Waals surface area (Å²) in [4.78, 5) is 0. The van der Waals surface area contributed by atoms with Crippen LogP contribution in [0.5, 0.6) is 0 Å². The van der Waals surface area contributed by atoms with Crippen LogP contribution in [0.3, 0.4) is 0 Å². The van der Waals surface area contributed by atoms with Crippen molar-refractivity contribution in [2.24, 2.45) is 10.3 Å². The Balaban J connectivity index is 2.58. The first-order valence-electron chi connectivity index (χ1n) is 6.25. The van der Waals surface area contributed by atoms with Crippen molar-refractivity contribution in [2.45, 2.75) is 0 Å². The van der Waals surface area contributed by atoms with Gasteiger partial charge < -0.3 is 10.4 Å². The van der Waals surface area contributed by atoms with Crippen molar-refractivity contribution in [3.8, 4) is 0 Å². The van der Waals surface area contributed by atoms with Crippen LogP contribution in [0, 0.1) is 10.4 Å². The first kappa shape index (κ1) is 11.0. The molecular weight excluding hydrogens is 252 g/mol. The SMILES string of the molecule is O/N=c1c2c3ccccc3/c(=N\O)c=2c2ccccc\12. The molecule has 96 valence electrons. The maximum absolute atomic E-state index is 9.40. The molecule has 0 heterocycles. The Morgan fingerprint density at radius 3 is 1.25 bits per heavy atom. The second kappa shape index (κ2) is 3.81. The third kappa shape index (κ3) is 1.15. The van der Waals surface area contributed by atoms with E-state index in [1.165, 1.54) is 0 Å². The number of hydrogen-bond donors (Lipinski definition) is 2. The Morgan fingerprint density at radius 2 is 0.900 bits per heavy atom. The summed E-state index contributed by atoms with van der Waals surface area (Å²) in [6.45, 7) is 0. The zero-order chi connectivity index (χ0) is 13.7. The van der Waals surface area contributed by atoms with Gasteiger partial charge in [0, 0.05) is 21.2 Å². The van der Waals surface area contributed by atoms with E-state index in [0.717, 1.165) is 32.0 Å². The molecule has 0 radical (unpaired) electrons. The van der Waals surface area contributed by atoms with Gasteiger partial charge in [-0.3, -0.25) is 0 Å². The fraction of sp³-hybridized carbons (Fsp3) is 0. The molecule has 0 aromatic heterocycles. The van der Waals surface area contributed by atoms with Crippen LogP contribution in [-0.2, 0) is 0 Å². The van der Waals surface area contributed by atoms with Gasteiger partial charge >= 0.3 is 0 Å². The summed E-state index contributed by atoms with van der Waals surface area (Å²) in [7, 11) is 0. The number of benzene rings is 2. The molecule has 4 nitrogen and oxygen atoms in total. The Hall–Kier alpha value is -2.88. The minimum atomic E-state index is 0.529. The van der Waals surface area contributed by atoms with E-state index in [0.29, 0.717) is 10.7 Å². The van der Waals surface area contributed by atoms with Crippen molar-refractivity contribution in [1.29, 1.82) is 0 Å². The summed E-state index contributed by atoms with van der Waals surface area (Å²) < 4.78 is 0. The van der Waals surface area contributed by atoms with Gasteiger partial charge in [-0.1, -0.05) is 58.8 Å². The third-order valence-electron chi connectivity index (χ3n) is 3.83. The number of hydrogen-bond acceptors (Lipinski definition) is 4. The van der Waals surface area contributed by atoms with Crippen molar-refractivity contribution in [2.75, 3.05) is 0 Å². The van der Waals surface area contributed by atoms with Gasteiger partial charge in [0.05, 0.1) is 0 Å². The maximum Gasteiger partial charge on any atom is 0.119 e. The van der Waals surface area contributed by atoms with Gasteiger partial charge in [-0.05, 0) is 10.8 Å². The highest BCUT2D eigenvalue weighted by atomic mass is 16.4. The Morgan fingerprint density at radius 1 is 0.550 bits per heavy atom. The van der Waals surface area contributed by atoms with Crippen molar-refractivity contribution >= 4 is 21.5 Å². The molecule has 0 amide bonds. The van der Waals surface area contributed by atoms with Crippen LogP contribution < -0.4 is 10.7 Å². The first-order chi connectivity index (χ1) is 9.86. The van der Waals surface area contributed by atoms with Gasteiger partial charge in [-0.2, -0.15) is 0 Å². The van der Waals surface area contributed by atoms with Crippen LogP contribution in [0.1, 0.15) is 0 Å². The fourth-order valence-electron chi connectivity index (χ4n) is 3.05. The lowest BCUT2D eigenvalue weighted by molar-refractivity contribution is 0.301. The van der Waals surface area contributed by atoms with Gasteiger partial charge in [-0.25, -0.2) is 0 Å². The van der Waals surface area contributed by atoms with E-state index in [2.05, 4.69) is 10.3 Å². The minimum Gasteiger partial charge on any atom is -0.410 e. The zero-order valence-electron chi connectivity index (χ0n) is 10.4. The highest BCUT2D eigenvalue weighted by molar-refractivity contribution is 5.93. The van der Waals surface area contributed by atoms with Crippen LogP contribution in [0.4, 0.5) is 0 Å². The summed E-state index contributed by atoms with van der Waals surface area (Å²) in [6.07, 6.45) is 0. The summed E-state index contributed by atoms with van der Waals surface area (Å²) in [5.74, 6) is 0. The summed E-state index contributed by atoms with van der Waals surface area (Å²) in [5.41, 5.74) is 0. The average Bonchev–Trinajstić information content (AvgIpc) is 2.99. The molecule has 4 heteroatoms. The van der Waals surface area contributed by atoms with Crippen LogP contribution in [-0.4, -0.2) is 10.4 Å². The van der Waals surface area contributed by atoms with Gasteiger partial charge in [0.2, 0.25) is 0 Å². The van der Waals surface area contributed by atoms with Crippen molar-refractivity contribution in [1.82, 2.24) is 0 Å². The lowest BCUT2D eigenvalue weighted by Crippen LogP contribution is -1.99. The van der Waals surface area contributed by atoms with Gasteiger partial charge in [0.1, 0.15) is 10.7 Å². The molecule has 2 aliphatic rings. The Bertz CT molecular complexity index is 1030. The van der Waals surface area contributed by atoms with E-state index < -0.39 is 0 Å². The average molecular weight is 262 g/mol. The second-order valence-corrected chi connectivity index (χ2v) is 4.74. The maximum atomic E-state index is 9.40. The normalized spacial score (nSPS) is 14.0. The predicted octanol–water partition coefficient (Wildman–Crippen LogP) is 2.17. The van der Waals surface area contributed by atoms with Gasteiger partial charge in [0.15, 0.2) is 0 Å². The van der Waals surface area contributed by atoms with E-state index in [9.17, 15) is 10.4 Å². The monoisotopic (exact) mass is 262 g/mol. The van der Waals surface area contributed by atoms with Crippen LogP contribution >= 0.6 is 0 Å². The van der Waals surface area contributed by atoms with Crippen LogP contribution in [0.15, 0.2) is 58.8 Å². The molecule has 0 bridgehead atoms. The molecular formula is C16H10N2O2. The number of fused-ring (bicyclic) bond motifs is 4. The van der Waals surface area contributed by atoms with Crippen LogP contribution in [0.25, 0.3) is 21.5 Å². The van der Waals surface area contributed by atoms with E-state index in [1.807, 2.05) is 48.5 Å². The predicted molar refractivity (Wildman–Crippen MR) is 73.8 cm³/mol. The molecule has 20 heavy (non-hydrogen) atoms. The van der Waals surface area contributed by atoms with E-state index in [4.69, 9.17) is 0 Å². The van der Waals surface area contributed by atoms with Crippen molar-refractivity contribution in [3.05, 3.63) is 69.7 Å². The molecule has 2 N–H and O–H groups in total. The Labute approximate surface area is 112 Å². The van der Waals surface area contributed by atoms with Crippen LogP contribution in [0.2, 0.25) is 0 Å². The minimum absolute atomic E-state index is 0.529. The smallest absolute Gasteiger partial charge is 0.119 e. The molecule has 0 spiro atoms. The largest absolute Gasteiger partial charge is 0.410 e. The molecule has 2 aromatic rings. The molecule has 2 aromatic carbocycles. The standard InChI is InChI=1S/C16H10N2O2/c19-17-15-11-7-3-1-5-9(11)13-14(15)10-6-2-4-8-12(10)16(13)18-20/h1-8,19-20H/b17-15-,18-16+. The first-order valence-corrected chi connectivity index (χ1v) is 6.25. The number of rotatable bonds is 0. The summed E-state index contributed by atoms with van der Waals surface area (Å²) in [6, 6.07) is 15.3. The molecule has 0 saturated heterocycles. The summed E-state index contributed by atoms with van der Waals surface area (Å²) in [5, 5.41) is 32.0. The molecule has 0 fully saturated rings.